The second-order valence-electron chi connectivity index (χ2n) is 4.11. The van der Waals surface area contributed by atoms with Crippen LogP contribution >= 0.6 is 0 Å². The lowest BCUT2D eigenvalue weighted by Crippen LogP contribution is -2.34. The summed E-state index contributed by atoms with van der Waals surface area (Å²) in [5.41, 5.74) is 0.100. The summed E-state index contributed by atoms with van der Waals surface area (Å²) in [5.74, 6) is -3.16. The third-order valence-electron chi connectivity index (χ3n) is 2.39. The second kappa shape index (κ2) is 6.67. The number of halogens is 5. The lowest BCUT2D eigenvalue weighted by molar-refractivity contribution is -0.121. The molecule has 0 aromatic heterocycles. The fraction of sp³-hybridized carbons (Fsp3) is 0.455. The molecule has 21 heavy (non-hydrogen) atoms. The quantitative estimate of drug-likeness (QED) is 0.783. The van der Waals surface area contributed by atoms with Gasteiger partial charge in [0.15, 0.2) is 11.6 Å². The molecule has 0 saturated carbocycles. The molecule has 0 aliphatic heterocycles. The van der Waals surface area contributed by atoms with Gasteiger partial charge in [0.2, 0.25) is 10.0 Å². The molecule has 0 saturated heterocycles. The molecule has 0 radical (unpaired) electrons. The lowest BCUT2D eigenvalue weighted by Gasteiger charge is -2.12. The zero-order valence-corrected chi connectivity index (χ0v) is 11.7. The smallest absolute Gasteiger partial charge is 0.313 e. The summed E-state index contributed by atoms with van der Waals surface area (Å²) in [6.45, 7) is 0.416. The predicted molar refractivity (Wildman–Crippen MR) is 65.0 cm³/mol. The van der Waals surface area contributed by atoms with Gasteiger partial charge in [0.25, 0.3) is 0 Å². The van der Waals surface area contributed by atoms with Crippen molar-refractivity contribution < 1.29 is 30.4 Å². The molecule has 0 fully saturated rings. The third-order valence-corrected chi connectivity index (χ3v) is 3.79. The van der Waals surface area contributed by atoms with E-state index in [1.165, 1.54) is 4.72 Å². The maximum Gasteiger partial charge on any atom is 0.402 e. The van der Waals surface area contributed by atoms with Gasteiger partial charge in [0.1, 0.15) is 11.4 Å². The van der Waals surface area contributed by atoms with E-state index in [0.717, 1.165) is 12.1 Å². The van der Waals surface area contributed by atoms with E-state index in [2.05, 4.69) is 5.32 Å². The van der Waals surface area contributed by atoms with E-state index < -0.39 is 39.3 Å². The summed E-state index contributed by atoms with van der Waals surface area (Å²) in [6, 6.07) is 1.57. The SMILES string of the molecule is CCNCc1cc(F)c(F)c(S(=O)(=O)NCC(F)(F)F)c1. The Morgan fingerprint density at radius 3 is 2.33 bits per heavy atom. The molecule has 0 aliphatic rings. The first-order valence-corrected chi connectivity index (χ1v) is 7.30. The van der Waals surface area contributed by atoms with E-state index in [0.29, 0.717) is 6.54 Å². The van der Waals surface area contributed by atoms with Crippen LogP contribution in [0.4, 0.5) is 22.0 Å². The average Bonchev–Trinajstić information content (AvgIpc) is 2.37. The molecule has 10 heteroatoms. The van der Waals surface area contributed by atoms with E-state index >= 15 is 0 Å². The average molecular weight is 332 g/mol. The van der Waals surface area contributed by atoms with Crippen molar-refractivity contribution in [3.63, 3.8) is 0 Å². The molecule has 0 aliphatic carbocycles. The van der Waals surface area contributed by atoms with Crippen molar-refractivity contribution in [2.45, 2.75) is 24.5 Å². The van der Waals surface area contributed by atoms with Crippen LogP contribution in [-0.4, -0.2) is 27.7 Å². The Hall–Kier alpha value is -1.26. The first kappa shape index (κ1) is 17.8. The Balaban J connectivity index is 3.12. The summed E-state index contributed by atoms with van der Waals surface area (Å²) in [5, 5.41) is 2.76. The van der Waals surface area contributed by atoms with Gasteiger partial charge in [-0.25, -0.2) is 21.9 Å². The van der Waals surface area contributed by atoms with Crippen LogP contribution in [0.2, 0.25) is 0 Å². The standard InChI is InChI=1S/C11H13F5N2O2S/c1-2-17-5-7-3-8(12)10(13)9(4-7)21(19,20)18-6-11(14,15)16/h3-4,17-18H,2,5-6H2,1H3. The van der Waals surface area contributed by atoms with E-state index in [1.807, 2.05) is 0 Å². The molecular formula is C11H13F5N2O2S. The van der Waals surface area contributed by atoms with Crippen molar-refractivity contribution in [2.75, 3.05) is 13.1 Å². The first-order chi connectivity index (χ1) is 9.57. The summed E-state index contributed by atoms with van der Waals surface area (Å²) < 4.78 is 87.4. The zero-order chi connectivity index (χ0) is 16.3. The van der Waals surface area contributed by atoms with Crippen LogP contribution in [0.1, 0.15) is 12.5 Å². The van der Waals surface area contributed by atoms with Crippen LogP contribution in [0.15, 0.2) is 17.0 Å². The van der Waals surface area contributed by atoms with Gasteiger partial charge in [0.05, 0.1) is 0 Å². The van der Waals surface area contributed by atoms with E-state index in [4.69, 9.17) is 0 Å². The number of nitrogens with one attached hydrogen (secondary N) is 2. The number of hydrogen-bond donors (Lipinski definition) is 2. The maximum atomic E-state index is 13.5. The highest BCUT2D eigenvalue weighted by molar-refractivity contribution is 7.89. The van der Waals surface area contributed by atoms with E-state index in [1.54, 1.807) is 6.92 Å². The van der Waals surface area contributed by atoms with Crippen LogP contribution in [0.3, 0.4) is 0 Å². The fourth-order valence-electron chi connectivity index (χ4n) is 1.44. The number of sulfonamides is 1. The number of benzene rings is 1. The van der Waals surface area contributed by atoms with Crippen LogP contribution < -0.4 is 10.0 Å². The molecular weight excluding hydrogens is 319 g/mol. The topological polar surface area (TPSA) is 58.2 Å². The first-order valence-electron chi connectivity index (χ1n) is 5.82. The van der Waals surface area contributed by atoms with Crippen molar-refractivity contribution in [1.29, 1.82) is 0 Å². The molecule has 1 aromatic carbocycles. The van der Waals surface area contributed by atoms with Gasteiger partial charge >= 0.3 is 6.18 Å². The molecule has 1 aromatic rings. The van der Waals surface area contributed by atoms with Crippen molar-refractivity contribution in [3.8, 4) is 0 Å². The minimum absolute atomic E-state index is 0.0511. The maximum absolute atomic E-state index is 13.5. The molecule has 120 valence electrons. The molecule has 1 rings (SSSR count). The molecule has 4 nitrogen and oxygen atoms in total. The molecule has 0 bridgehead atoms. The fourth-order valence-corrected chi connectivity index (χ4v) is 2.59. The highest BCUT2D eigenvalue weighted by Crippen LogP contribution is 2.21. The van der Waals surface area contributed by atoms with Crippen molar-refractivity contribution >= 4 is 10.0 Å². The second-order valence-corrected chi connectivity index (χ2v) is 5.85. The van der Waals surface area contributed by atoms with Crippen LogP contribution in [0, 0.1) is 11.6 Å². The molecule has 2 N–H and O–H groups in total. The lowest BCUT2D eigenvalue weighted by atomic mass is 10.2. The highest BCUT2D eigenvalue weighted by atomic mass is 32.2. The molecule has 0 unspecified atom stereocenters. The van der Waals surface area contributed by atoms with Gasteiger partial charge in [-0.05, 0) is 24.2 Å². The summed E-state index contributed by atoms with van der Waals surface area (Å²) in [4.78, 5) is -1.15. The van der Waals surface area contributed by atoms with Crippen molar-refractivity contribution in [1.82, 2.24) is 10.0 Å². The number of alkyl halides is 3. The Kier molecular flexibility index (Phi) is 5.65. The largest absolute Gasteiger partial charge is 0.402 e. The number of rotatable bonds is 6. The Morgan fingerprint density at radius 1 is 1.19 bits per heavy atom. The van der Waals surface area contributed by atoms with Gasteiger partial charge in [-0.1, -0.05) is 6.92 Å². The Morgan fingerprint density at radius 2 is 1.81 bits per heavy atom. The summed E-state index contributed by atoms with van der Waals surface area (Å²) >= 11 is 0. The Bertz CT molecular complexity index is 601. The van der Waals surface area contributed by atoms with Gasteiger partial charge < -0.3 is 5.32 Å². The van der Waals surface area contributed by atoms with E-state index in [-0.39, 0.29) is 12.1 Å². The van der Waals surface area contributed by atoms with Crippen LogP contribution in [0.25, 0.3) is 0 Å². The van der Waals surface area contributed by atoms with Gasteiger partial charge in [-0.15, -0.1) is 0 Å². The highest BCUT2D eigenvalue weighted by Gasteiger charge is 2.31. The Labute approximate surface area is 118 Å². The van der Waals surface area contributed by atoms with Gasteiger partial charge in [-0.2, -0.15) is 13.2 Å². The molecule has 0 spiro atoms. The molecule has 0 amide bonds. The predicted octanol–water partition coefficient (Wildman–Crippen LogP) is 1.91. The van der Waals surface area contributed by atoms with Crippen molar-refractivity contribution in [2.24, 2.45) is 0 Å². The zero-order valence-electron chi connectivity index (χ0n) is 10.9. The minimum atomic E-state index is -4.81. The van der Waals surface area contributed by atoms with Crippen LogP contribution in [-0.2, 0) is 16.6 Å². The third kappa shape index (κ3) is 5.21. The molecule has 0 atom stereocenters. The monoisotopic (exact) mass is 332 g/mol. The van der Waals surface area contributed by atoms with Gasteiger partial charge in [0, 0.05) is 6.54 Å². The van der Waals surface area contributed by atoms with Gasteiger partial charge in [-0.3, -0.25) is 0 Å². The van der Waals surface area contributed by atoms with E-state index in [9.17, 15) is 30.4 Å². The number of hydrogen-bond acceptors (Lipinski definition) is 3. The summed E-state index contributed by atoms with van der Waals surface area (Å²) in [6.07, 6.45) is -4.80. The summed E-state index contributed by atoms with van der Waals surface area (Å²) in [7, 11) is -4.81. The van der Waals surface area contributed by atoms with Crippen molar-refractivity contribution in [3.05, 3.63) is 29.3 Å². The van der Waals surface area contributed by atoms with Crippen LogP contribution in [0.5, 0.6) is 0 Å². The minimum Gasteiger partial charge on any atom is -0.313 e. The normalized spacial score (nSPS) is 12.7. The molecule has 0 heterocycles.